The van der Waals surface area contributed by atoms with Gasteiger partial charge < -0.3 is 5.73 Å². The summed E-state index contributed by atoms with van der Waals surface area (Å²) in [6, 6.07) is 12.1. The Morgan fingerprint density at radius 1 is 1.18 bits per heavy atom. The third-order valence-electron chi connectivity index (χ3n) is 3.67. The lowest BCUT2D eigenvalue weighted by molar-refractivity contribution is 0.806. The summed E-state index contributed by atoms with van der Waals surface area (Å²) in [5, 5.41) is 4.22. The molecule has 112 valence electrons. The fourth-order valence-corrected chi connectivity index (χ4v) is 3.01. The highest BCUT2D eigenvalue weighted by atomic mass is 32.1. The third-order valence-corrected chi connectivity index (χ3v) is 4.36. The van der Waals surface area contributed by atoms with Crippen LogP contribution in [0.25, 0.3) is 11.1 Å². The van der Waals surface area contributed by atoms with Crippen molar-refractivity contribution in [2.24, 2.45) is 7.05 Å². The number of nitrogens with zero attached hydrogens (tertiary/aromatic N) is 2. The Hall–Kier alpha value is -2.40. The maximum absolute atomic E-state index is 11.7. The summed E-state index contributed by atoms with van der Waals surface area (Å²) in [4.78, 5) is 16.0. The zero-order chi connectivity index (χ0) is 15.5. The first-order valence-corrected chi connectivity index (χ1v) is 8.02. The van der Waals surface area contributed by atoms with Gasteiger partial charge in [-0.3, -0.25) is 9.36 Å². The molecule has 3 rings (SSSR count). The second-order valence-electron chi connectivity index (χ2n) is 5.22. The number of rotatable bonds is 4. The normalized spacial score (nSPS) is 10.8. The Labute approximate surface area is 132 Å². The number of hydrogen-bond acceptors (Lipinski definition) is 4. The van der Waals surface area contributed by atoms with Crippen molar-refractivity contribution in [3.05, 3.63) is 68.8 Å². The van der Waals surface area contributed by atoms with Crippen LogP contribution in [-0.2, 0) is 19.9 Å². The van der Waals surface area contributed by atoms with Gasteiger partial charge >= 0.3 is 0 Å². The Bertz CT molecular complexity index is 837. The van der Waals surface area contributed by atoms with Gasteiger partial charge in [0.1, 0.15) is 0 Å². The molecule has 0 saturated heterocycles. The highest BCUT2D eigenvalue weighted by Gasteiger charge is 2.04. The van der Waals surface area contributed by atoms with Crippen LogP contribution in [0, 0.1) is 0 Å². The number of thiophene rings is 1. The fourth-order valence-electron chi connectivity index (χ4n) is 2.34. The van der Waals surface area contributed by atoms with Crippen molar-refractivity contribution in [1.29, 1.82) is 0 Å². The molecule has 0 bridgehead atoms. The van der Waals surface area contributed by atoms with Crippen LogP contribution in [0.3, 0.4) is 0 Å². The van der Waals surface area contributed by atoms with Gasteiger partial charge in [0.05, 0.1) is 5.69 Å². The number of aryl methyl sites for hydroxylation is 2. The maximum Gasteiger partial charge on any atom is 0.254 e. The van der Waals surface area contributed by atoms with Gasteiger partial charge in [-0.25, -0.2) is 4.98 Å². The molecule has 0 aliphatic heterocycles. The van der Waals surface area contributed by atoms with Gasteiger partial charge in [0.25, 0.3) is 5.56 Å². The molecule has 3 aromatic rings. The molecule has 5 heteroatoms. The largest absolute Gasteiger partial charge is 0.369 e. The van der Waals surface area contributed by atoms with E-state index in [9.17, 15) is 4.79 Å². The fraction of sp³-hybridized carbons (Fsp3) is 0.176. The molecule has 0 fully saturated rings. The summed E-state index contributed by atoms with van der Waals surface area (Å²) in [7, 11) is 1.62. The van der Waals surface area contributed by atoms with E-state index in [2.05, 4.69) is 46.1 Å². The summed E-state index contributed by atoms with van der Waals surface area (Å²) in [5.41, 5.74) is 10.0. The van der Waals surface area contributed by atoms with Crippen molar-refractivity contribution in [3.63, 3.8) is 0 Å². The van der Waals surface area contributed by atoms with Crippen molar-refractivity contribution in [1.82, 2.24) is 9.55 Å². The Morgan fingerprint density at radius 2 is 2.05 bits per heavy atom. The van der Waals surface area contributed by atoms with Crippen LogP contribution in [0.4, 0.5) is 5.95 Å². The standard InChI is InChI=1S/C17H17N3OS/c1-20-16(21)10-15(19-17(20)18)6-5-12-3-2-4-13(9-12)14-7-8-22-11-14/h2-4,7-11H,5-6H2,1H3,(H2,18,19). The minimum Gasteiger partial charge on any atom is -0.369 e. The van der Waals surface area contributed by atoms with E-state index in [1.54, 1.807) is 24.5 Å². The van der Waals surface area contributed by atoms with Crippen molar-refractivity contribution >= 4 is 17.3 Å². The van der Waals surface area contributed by atoms with Gasteiger partial charge in [0.2, 0.25) is 5.95 Å². The lowest BCUT2D eigenvalue weighted by atomic mass is 10.0. The van der Waals surface area contributed by atoms with Crippen molar-refractivity contribution in [2.45, 2.75) is 12.8 Å². The molecular weight excluding hydrogens is 294 g/mol. The molecule has 0 radical (unpaired) electrons. The molecule has 0 amide bonds. The highest BCUT2D eigenvalue weighted by molar-refractivity contribution is 7.08. The third kappa shape index (κ3) is 3.09. The molecule has 22 heavy (non-hydrogen) atoms. The average molecular weight is 311 g/mol. The van der Waals surface area contributed by atoms with Gasteiger partial charge in [-0.2, -0.15) is 11.3 Å². The molecule has 2 N–H and O–H groups in total. The van der Waals surface area contributed by atoms with Crippen LogP contribution in [0.15, 0.2) is 52.0 Å². The summed E-state index contributed by atoms with van der Waals surface area (Å²) in [6.45, 7) is 0. The van der Waals surface area contributed by atoms with Crippen LogP contribution >= 0.6 is 11.3 Å². The first-order valence-electron chi connectivity index (χ1n) is 7.07. The van der Waals surface area contributed by atoms with Crippen molar-refractivity contribution in [2.75, 3.05) is 5.73 Å². The number of nitrogen functional groups attached to an aromatic ring is 1. The van der Waals surface area contributed by atoms with E-state index >= 15 is 0 Å². The van der Waals surface area contributed by atoms with Gasteiger partial charge in [-0.1, -0.05) is 24.3 Å². The van der Waals surface area contributed by atoms with Crippen molar-refractivity contribution < 1.29 is 0 Å². The van der Waals surface area contributed by atoms with Crippen LogP contribution in [0.1, 0.15) is 11.3 Å². The van der Waals surface area contributed by atoms with E-state index in [1.807, 2.05) is 0 Å². The molecule has 0 unspecified atom stereocenters. The van der Waals surface area contributed by atoms with Gasteiger partial charge in [0, 0.05) is 13.1 Å². The Balaban J connectivity index is 1.77. The van der Waals surface area contributed by atoms with E-state index in [4.69, 9.17) is 5.73 Å². The monoisotopic (exact) mass is 311 g/mol. The second kappa shape index (κ2) is 6.15. The number of hydrogen-bond donors (Lipinski definition) is 1. The number of anilines is 1. The summed E-state index contributed by atoms with van der Waals surface area (Å²) in [6.07, 6.45) is 1.53. The lowest BCUT2D eigenvalue weighted by Gasteiger charge is -2.06. The van der Waals surface area contributed by atoms with Crippen LogP contribution in [0.5, 0.6) is 0 Å². The van der Waals surface area contributed by atoms with E-state index in [0.29, 0.717) is 6.42 Å². The SMILES string of the molecule is Cn1c(N)nc(CCc2cccc(-c3ccsc3)c2)cc1=O. The number of benzene rings is 1. The number of aromatic nitrogens is 2. The molecule has 0 aliphatic rings. The molecule has 2 heterocycles. The zero-order valence-electron chi connectivity index (χ0n) is 12.3. The highest BCUT2D eigenvalue weighted by Crippen LogP contribution is 2.23. The molecular formula is C17H17N3OS. The first kappa shape index (κ1) is 14.5. The molecule has 0 atom stereocenters. The van der Waals surface area contributed by atoms with E-state index in [1.165, 1.54) is 21.3 Å². The molecule has 1 aromatic carbocycles. The van der Waals surface area contributed by atoms with E-state index in [-0.39, 0.29) is 11.5 Å². The predicted octanol–water partition coefficient (Wildman–Crippen LogP) is 2.88. The average Bonchev–Trinajstić information content (AvgIpc) is 3.05. The Kier molecular flexibility index (Phi) is 4.06. The topological polar surface area (TPSA) is 60.9 Å². The lowest BCUT2D eigenvalue weighted by Crippen LogP contribution is -2.21. The van der Waals surface area contributed by atoms with Crippen molar-refractivity contribution in [3.8, 4) is 11.1 Å². The van der Waals surface area contributed by atoms with E-state index < -0.39 is 0 Å². The second-order valence-corrected chi connectivity index (χ2v) is 6.00. The zero-order valence-corrected chi connectivity index (χ0v) is 13.1. The minimum atomic E-state index is -0.116. The van der Waals surface area contributed by atoms with Crippen LogP contribution in [-0.4, -0.2) is 9.55 Å². The molecule has 2 aromatic heterocycles. The molecule has 0 aliphatic carbocycles. The van der Waals surface area contributed by atoms with E-state index in [0.717, 1.165) is 12.1 Å². The van der Waals surface area contributed by atoms with Gasteiger partial charge in [-0.15, -0.1) is 0 Å². The number of nitrogens with two attached hydrogens (primary N) is 1. The summed E-state index contributed by atoms with van der Waals surface area (Å²) < 4.78 is 1.35. The quantitative estimate of drug-likeness (QED) is 0.806. The van der Waals surface area contributed by atoms with Gasteiger partial charge in [-0.05, 0) is 46.4 Å². The molecule has 4 nitrogen and oxygen atoms in total. The maximum atomic E-state index is 11.7. The molecule has 0 spiro atoms. The molecule has 0 saturated carbocycles. The van der Waals surface area contributed by atoms with Gasteiger partial charge in [0.15, 0.2) is 0 Å². The minimum absolute atomic E-state index is 0.116. The predicted molar refractivity (Wildman–Crippen MR) is 91.1 cm³/mol. The summed E-state index contributed by atoms with van der Waals surface area (Å²) >= 11 is 1.69. The van der Waals surface area contributed by atoms with Crippen LogP contribution < -0.4 is 11.3 Å². The smallest absolute Gasteiger partial charge is 0.254 e. The Morgan fingerprint density at radius 3 is 2.77 bits per heavy atom. The summed E-state index contributed by atoms with van der Waals surface area (Å²) in [5.74, 6) is 0.259. The first-order chi connectivity index (χ1) is 10.6. The van der Waals surface area contributed by atoms with Crippen LogP contribution in [0.2, 0.25) is 0 Å².